The van der Waals surface area contributed by atoms with Crippen molar-refractivity contribution in [3.05, 3.63) is 38.6 Å². The molecule has 1 heterocycles. The van der Waals surface area contributed by atoms with Gasteiger partial charge in [-0.1, -0.05) is 30.1 Å². The van der Waals surface area contributed by atoms with Gasteiger partial charge in [-0.2, -0.15) is 0 Å². The van der Waals surface area contributed by atoms with Crippen LogP contribution in [0.15, 0.2) is 23.6 Å². The van der Waals surface area contributed by atoms with Gasteiger partial charge in [0.25, 0.3) is 0 Å². The van der Waals surface area contributed by atoms with Crippen LogP contribution in [0.4, 0.5) is 0 Å². The first-order chi connectivity index (χ1) is 8.44. The van der Waals surface area contributed by atoms with E-state index in [1.165, 1.54) is 0 Å². The van der Waals surface area contributed by atoms with Gasteiger partial charge in [0.2, 0.25) is 0 Å². The van der Waals surface area contributed by atoms with Crippen LogP contribution in [-0.4, -0.2) is 4.98 Å². The first-order valence-electron chi connectivity index (χ1n) is 5.64. The number of thiazole rings is 1. The normalized spacial score (nSPS) is 14.5. The van der Waals surface area contributed by atoms with E-state index in [9.17, 15) is 0 Å². The molecule has 2 rings (SSSR count). The summed E-state index contributed by atoms with van der Waals surface area (Å²) in [5, 5.41) is 4.17. The predicted octanol–water partition coefficient (Wildman–Crippen LogP) is 4.70. The highest BCUT2D eigenvalue weighted by Crippen LogP contribution is 2.34. The Morgan fingerprint density at radius 2 is 2.11 bits per heavy atom. The van der Waals surface area contributed by atoms with Crippen molar-refractivity contribution in [3.63, 3.8) is 0 Å². The van der Waals surface area contributed by atoms with Gasteiger partial charge in [-0.3, -0.25) is 0 Å². The Morgan fingerprint density at radius 3 is 2.78 bits per heavy atom. The number of rotatable bonds is 3. The Bertz CT molecular complexity index is 564. The summed E-state index contributed by atoms with van der Waals surface area (Å²) in [5.41, 5.74) is 7.46. The molecule has 5 heteroatoms. The summed E-state index contributed by atoms with van der Waals surface area (Å²) in [6.07, 6.45) is 0.837. The molecular formula is C13H14Cl2N2S. The van der Waals surface area contributed by atoms with Gasteiger partial charge in [0.15, 0.2) is 0 Å². The lowest BCUT2D eigenvalue weighted by Gasteiger charge is -2.18. The minimum absolute atomic E-state index is 0.395. The van der Waals surface area contributed by atoms with E-state index < -0.39 is 5.54 Å². The molecule has 1 aromatic carbocycles. The average Bonchev–Trinajstić information content (AvgIpc) is 2.82. The maximum absolute atomic E-state index is 6.19. The lowest BCUT2D eigenvalue weighted by molar-refractivity contribution is 0.474. The summed E-state index contributed by atoms with van der Waals surface area (Å²) in [6, 6.07) is 5.36. The summed E-state index contributed by atoms with van der Waals surface area (Å²) >= 11 is 13.7. The number of benzene rings is 1. The lowest BCUT2D eigenvalue weighted by Crippen LogP contribution is -2.31. The topological polar surface area (TPSA) is 38.9 Å². The fourth-order valence-corrected chi connectivity index (χ4v) is 2.86. The molecule has 0 aliphatic rings. The third-order valence-electron chi connectivity index (χ3n) is 2.93. The Kier molecular flexibility index (Phi) is 3.97. The monoisotopic (exact) mass is 300 g/mol. The van der Waals surface area contributed by atoms with Crippen LogP contribution in [0, 0.1) is 0 Å². The van der Waals surface area contributed by atoms with Crippen LogP contribution >= 0.6 is 34.5 Å². The molecule has 96 valence electrons. The first-order valence-corrected chi connectivity index (χ1v) is 7.28. The minimum atomic E-state index is -0.395. The number of halogens is 2. The van der Waals surface area contributed by atoms with Crippen LogP contribution in [0.5, 0.6) is 0 Å². The van der Waals surface area contributed by atoms with Crippen molar-refractivity contribution in [1.82, 2.24) is 4.98 Å². The van der Waals surface area contributed by atoms with E-state index in [1.54, 1.807) is 23.5 Å². The van der Waals surface area contributed by atoms with Gasteiger partial charge in [0.1, 0.15) is 5.01 Å². The zero-order valence-corrected chi connectivity index (χ0v) is 12.5. The predicted molar refractivity (Wildman–Crippen MR) is 79.4 cm³/mol. The molecule has 0 saturated heterocycles. The van der Waals surface area contributed by atoms with E-state index in [0.717, 1.165) is 22.7 Å². The Balaban J connectivity index is 2.44. The first kappa shape index (κ1) is 13.8. The van der Waals surface area contributed by atoms with Crippen molar-refractivity contribution < 1.29 is 0 Å². The number of hydrogen-bond acceptors (Lipinski definition) is 3. The van der Waals surface area contributed by atoms with Crippen LogP contribution in [0.1, 0.15) is 25.3 Å². The van der Waals surface area contributed by atoms with E-state index in [0.29, 0.717) is 10.0 Å². The van der Waals surface area contributed by atoms with E-state index in [4.69, 9.17) is 28.9 Å². The Morgan fingerprint density at radius 1 is 1.39 bits per heavy atom. The zero-order valence-electron chi connectivity index (χ0n) is 10.2. The van der Waals surface area contributed by atoms with Gasteiger partial charge in [-0.15, -0.1) is 11.3 Å². The molecule has 0 spiro atoms. The maximum atomic E-state index is 6.19. The minimum Gasteiger partial charge on any atom is -0.320 e. The van der Waals surface area contributed by atoms with Crippen LogP contribution in [0.3, 0.4) is 0 Å². The van der Waals surface area contributed by atoms with Gasteiger partial charge >= 0.3 is 0 Å². The van der Waals surface area contributed by atoms with Gasteiger partial charge in [-0.25, -0.2) is 4.98 Å². The highest BCUT2D eigenvalue weighted by Gasteiger charge is 2.23. The molecule has 18 heavy (non-hydrogen) atoms. The average molecular weight is 301 g/mol. The molecule has 0 radical (unpaired) electrons. The van der Waals surface area contributed by atoms with E-state index in [-0.39, 0.29) is 0 Å². The molecule has 0 saturated carbocycles. The fraction of sp³-hybridized carbons (Fsp3) is 0.308. The van der Waals surface area contributed by atoms with Gasteiger partial charge in [0.05, 0.1) is 16.3 Å². The van der Waals surface area contributed by atoms with E-state index >= 15 is 0 Å². The summed E-state index contributed by atoms with van der Waals surface area (Å²) in [5.74, 6) is 0. The Labute approximate surface area is 121 Å². The summed E-state index contributed by atoms with van der Waals surface area (Å²) in [6.45, 7) is 4.03. The van der Waals surface area contributed by atoms with Crippen molar-refractivity contribution in [2.75, 3.05) is 0 Å². The lowest BCUT2D eigenvalue weighted by atomic mass is 10.0. The highest BCUT2D eigenvalue weighted by atomic mass is 35.5. The molecule has 2 aromatic rings. The second-order valence-electron chi connectivity index (χ2n) is 4.43. The van der Waals surface area contributed by atoms with Crippen molar-refractivity contribution in [2.45, 2.75) is 25.8 Å². The maximum Gasteiger partial charge on any atom is 0.113 e. The second-order valence-corrected chi connectivity index (χ2v) is 6.13. The van der Waals surface area contributed by atoms with Crippen LogP contribution in [-0.2, 0) is 5.54 Å². The quantitative estimate of drug-likeness (QED) is 0.892. The third kappa shape index (κ3) is 2.69. The van der Waals surface area contributed by atoms with Crippen molar-refractivity contribution in [3.8, 4) is 11.3 Å². The van der Waals surface area contributed by atoms with E-state index in [1.807, 2.05) is 25.3 Å². The molecule has 0 bridgehead atoms. The van der Waals surface area contributed by atoms with Gasteiger partial charge in [-0.05, 0) is 31.5 Å². The molecule has 1 aromatic heterocycles. The van der Waals surface area contributed by atoms with Crippen LogP contribution < -0.4 is 5.73 Å². The molecule has 0 aliphatic heterocycles. The molecule has 0 fully saturated rings. The van der Waals surface area contributed by atoms with Crippen LogP contribution in [0.2, 0.25) is 10.0 Å². The Hall–Kier alpha value is -0.610. The fourth-order valence-electron chi connectivity index (χ4n) is 1.50. The summed E-state index contributed by atoms with van der Waals surface area (Å²) in [7, 11) is 0. The SMILES string of the molecule is CCC(C)(N)c1nc(-c2cc(Cl)ccc2Cl)cs1. The molecule has 1 atom stereocenters. The number of nitrogens with zero attached hydrogens (tertiary/aromatic N) is 1. The molecular weight excluding hydrogens is 287 g/mol. The second kappa shape index (κ2) is 5.17. The molecule has 1 unspecified atom stereocenters. The van der Waals surface area contributed by atoms with Crippen molar-refractivity contribution in [1.29, 1.82) is 0 Å². The number of nitrogens with two attached hydrogens (primary N) is 1. The van der Waals surface area contributed by atoms with Crippen LogP contribution in [0.25, 0.3) is 11.3 Å². The van der Waals surface area contributed by atoms with E-state index in [2.05, 4.69) is 4.98 Å². The van der Waals surface area contributed by atoms with Gasteiger partial charge < -0.3 is 5.73 Å². The molecule has 2 N–H and O–H groups in total. The van der Waals surface area contributed by atoms with Crippen molar-refractivity contribution >= 4 is 34.5 Å². The number of aromatic nitrogens is 1. The third-order valence-corrected chi connectivity index (χ3v) is 4.62. The largest absolute Gasteiger partial charge is 0.320 e. The standard InChI is InChI=1S/C13H14Cl2N2S/c1-3-13(2,16)12-17-11(7-18-12)9-6-8(14)4-5-10(9)15/h4-7H,3,16H2,1-2H3. The number of hydrogen-bond donors (Lipinski definition) is 1. The van der Waals surface area contributed by atoms with Crippen molar-refractivity contribution in [2.24, 2.45) is 5.73 Å². The zero-order chi connectivity index (χ0) is 13.3. The van der Waals surface area contributed by atoms with Gasteiger partial charge in [0, 0.05) is 16.0 Å². The molecule has 0 amide bonds. The highest BCUT2D eigenvalue weighted by molar-refractivity contribution is 7.10. The summed E-state index contributed by atoms with van der Waals surface area (Å²) in [4.78, 5) is 4.58. The smallest absolute Gasteiger partial charge is 0.113 e. The molecule has 2 nitrogen and oxygen atoms in total. The molecule has 0 aliphatic carbocycles. The summed E-state index contributed by atoms with van der Waals surface area (Å²) < 4.78 is 0.